The number of hydrogen-bond donors (Lipinski definition) is 1. The van der Waals surface area contributed by atoms with Crippen LogP contribution >= 0.6 is 0 Å². The molecule has 0 aromatic rings. The van der Waals surface area contributed by atoms with Crippen LogP contribution in [0.15, 0.2) is 36.0 Å². The first kappa shape index (κ1) is 9.27. The Morgan fingerprint density at radius 1 is 1.75 bits per heavy atom. The van der Waals surface area contributed by atoms with E-state index in [0.29, 0.717) is 0 Å². The van der Waals surface area contributed by atoms with Crippen LogP contribution in [-0.2, 0) is 0 Å². The third kappa shape index (κ3) is 1.86. The van der Waals surface area contributed by atoms with Crippen LogP contribution in [0.4, 0.5) is 0 Å². The summed E-state index contributed by atoms with van der Waals surface area (Å²) in [4.78, 5) is 0. The fraction of sp³-hybridized carbons (Fsp3) is 0.455. The van der Waals surface area contributed by atoms with E-state index in [1.165, 1.54) is 11.1 Å². The molecule has 1 heteroatoms. The van der Waals surface area contributed by atoms with Gasteiger partial charge in [-0.15, -0.1) is 0 Å². The SMILES string of the molecule is C=CC1=C(C(N)CC)CCC=C1. The van der Waals surface area contributed by atoms with E-state index in [1.54, 1.807) is 0 Å². The van der Waals surface area contributed by atoms with Gasteiger partial charge in [0, 0.05) is 6.04 Å². The minimum Gasteiger partial charge on any atom is -0.324 e. The lowest BCUT2D eigenvalue weighted by Crippen LogP contribution is -2.23. The van der Waals surface area contributed by atoms with E-state index in [1.807, 2.05) is 6.08 Å². The van der Waals surface area contributed by atoms with Gasteiger partial charge in [-0.25, -0.2) is 0 Å². The maximum absolute atomic E-state index is 5.97. The highest BCUT2D eigenvalue weighted by Crippen LogP contribution is 2.22. The normalized spacial score (nSPS) is 19.5. The van der Waals surface area contributed by atoms with Crippen molar-refractivity contribution in [3.8, 4) is 0 Å². The van der Waals surface area contributed by atoms with Crippen molar-refractivity contribution in [3.05, 3.63) is 36.0 Å². The third-order valence-corrected chi connectivity index (χ3v) is 2.36. The van der Waals surface area contributed by atoms with Crippen molar-refractivity contribution in [2.24, 2.45) is 5.73 Å². The van der Waals surface area contributed by atoms with Gasteiger partial charge in [0.2, 0.25) is 0 Å². The molecule has 0 spiro atoms. The fourth-order valence-electron chi connectivity index (χ4n) is 1.55. The summed E-state index contributed by atoms with van der Waals surface area (Å²) in [7, 11) is 0. The first-order chi connectivity index (χ1) is 5.79. The average Bonchev–Trinajstić information content (AvgIpc) is 2.16. The lowest BCUT2D eigenvalue weighted by molar-refractivity contribution is 0.692. The molecule has 1 unspecified atom stereocenters. The molecule has 0 amide bonds. The van der Waals surface area contributed by atoms with Crippen LogP contribution in [0.5, 0.6) is 0 Å². The van der Waals surface area contributed by atoms with Gasteiger partial charge in [-0.05, 0) is 30.4 Å². The van der Waals surface area contributed by atoms with E-state index in [4.69, 9.17) is 5.73 Å². The molecule has 0 aromatic heterocycles. The van der Waals surface area contributed by atoms with Gasteiger partial charge in [-0.2, -0.15) is 0 Å². The summed E-state index contributed by atoms with van der Waals surface area (Å²) in [5, 5.41) is 0. The molecule has 0 heterocycles. The molecule has 66 valence electrons. The zero-order chi connectivity index (χ0) is 8.97. The van der Waals surface area contributed by atoms with Gasteiger partial charge in [-0.3, -0.25) is 0 Å². The van der Waals surface area contributed by atoms with Crippen LogP contribution < -0.4 is 5.73 Å². The van der Waals surface area contributed by atoms with Gasteiger partial charge in [0.25, 0.3) is 0 Å². The highest BCUT2D eigenvalue weighted by atomic mass is 14.6. The van der Waals surface area contributed by atoms with Crippen molar-refractivity contribution >= 4 is 0 Å². The minimum atomic E-state index is 0.225. The smallest absolute Gasteiger partial charge is 0.0260 e. The summed E-state index contributed by atoms with van der Waals surface area (Å²) in [6.45, 7) is 5.91. The Bertz CT molecular complexity index is 223. The zero-order valence-corrected chi connectivity index (χ0v) is 7.72. The van der Waals surface area contributed by atoms with E-state index < -0.39 is 0 Å². The number of rotatable bonds is 3. The van der Waals surface area contributed by atoms with Crippen LogP contribution in [0, 0.1) is 0 Å². The van der Waals surface area contributed by atoms with Crippen molar-refractivity contribution in [3.63, 3.8) is 0 Å². The molecule has 0 aromatic carbocycles. The van der Waals surface area contributed by atoms with Crippen LogP contribution in [0.1, 0.15) is 26.2 Å². The molecule has 0 saturated carbocycles. The Morgan fingerprint density at radius 2 is 2.50 bits per heavy atom. The third-order valence-electron chi connectivity index (χ3n) is 2.36. The molecule has 1 nitrogen and oxygen atoms in total. The maximum Gasteiger partial charge on any atom is 0.0260 e. The van der Waals surface area contributed by atoms with Gasteiger partial charge < -0.3 is 5.73 Å². The van der Waals surface area contributed by atoms with Crippen molar-refractivity contribution in [2.45, 2.75) is 32.2 Å². The Labute approximate surface area is 74.7 Å². The molecule has 0 radical (unpaired) electrons. The van der Waals surface area contributed by atoms with Gasteiger partial charge in [0.1, 0.15) is 0 Å². The Hall–Kier alpha value is -0.820. The summed E-state index contributed by atoms with van der Waals surface area (Å²) >= 11 is 0. The predicted octanol–water partition coefficient (Wildman–Crippen LogP) is 2.56. The van der Waals surface area contributed by atoms with E-state index in [9.17, 15) is 0 Å². The van der Waals surface area contributed by atoms with E-state index in [-0.39, 0.29) is 6.04 Å². The van der Waals surface area contributed by atoms with Crippen molar-refractivity contribution < 1.29 is 0 Å². The number of nitrogens with two attached hydrogens (primary N) is 1. The van der Waals surface area contributed by atoms with Crippen molar-refractivity contribution in [1.82, 2.24) is 0 Å². The Balaban J connectivity index is 2.87. The maximum atomic E-state index is 5.97. The molecule has 1 aliphatic carbocycles. The fourth-order valence-corrected chi connectivity index (χ4v) is 1.55. The van der Waals surface area contributed by atoms with Crippen LogP contribution in [0.3, 0.4) is 0 Å². The Morgan fingerprint density at radius 3 is 3.08 bits per heavy atom. The second-order valence-electron chi connectivity index (χ2n) is 3.14. The van der Waals surface area contributed by atoms with Crippen LogP contribution in [-0.4, -0.2) is 6.04 Å². The number of allylic oxidation sites excluding steroid dienone is 4. The molecule has 0 bridgehead atoms. The second-order valence-corrected chi connectivity index (χ2v) is 3.14. The lowest BCUT2D eigenvalue weighted by Gasteiger charge is -2.18. The lowest BCUT2D eigenvalue weighted by atomic mass is 9.91. The predicted molar refractivity (Wildman–Crippen MR) is 53.9 cm³/mol. The highest BCUT2D eigenvalue weighted by Gasteiger charge is 2.11. The standard InChI is InChI=1S/C11H17N/c1-3-9-7-5-6-8-10(9)11(12)4-2/h3,5,7,11H,1,4,6,8,12H2,2H3. The molecule has 0 saturated heterocycles. The Kier molecular flexibility index (Phi) is 3.30. The monoisotopic (exact) mass is 163 g/mol. The number of hydrogen-bond acceptors (Lipinski definition) is 1. The van der Waals surface area contributed by atoms with E-state index >= 15 is 0 Å². The molecule has 2 N–H and O–H groups in total. The van der Waals surface area contributed by atoms with Crippen molar-refractivity contribution in [1.29, 1.82) is 0 Å². The van der Waals surface area contributed by atoms with Gasteiger partial charge in [0.15, 0.2) is 0 Å². The second kappa shape index (κ2) is 4.27. The first-order valence-corrected chi connectivity index (χ1v) is 4.57. The van der Waals surface area contributed by atoms with Gasteiger partial charge in [-0.1, -0.05) is 31.7 Å². The average molecular weight is 163 g/mol. The molecule has 1 atom stereocenters. The summed E-state index contributed by atoms with van der Waals surface area (Å²) in [5.74, 6) is 0. The van der Waals surface area contributed by atoms with Gasteiger partial charge >= 0.3 is 0 Å². The molecule has 0 aliphatic heterocycles. The quantitative estimate of drug-likeness (QED) is 0.680. The summed E-state index contributed by atoms with van der Waals surface area (Å²) in [6, 6.07) is 0.225. The minimum absolute atomic E-state index is 0.225. The molecule has 12 heavy (non-hydrogen) atoms. The van der Waals surface area contributed by atoms with Gasteiger partial charge in [0.05, 0.1) is 0 Å². The van der Waals surface area contributed by atoms with Crippen molar-refractivity contribution in [2.75, 3.05) is 0 Å². The molecule has 1 rings (SSSR count). The summed E-state index contributed by atoms with van der Waals surface area (Å²) in [6.07, 6.45) is 9.46. The molecular weight excluding hydrogens is 146 g/mol. The first-order valence-electron chi connectivity index (χ1n) is 4.57. The largest absolute Gasteiger partial charge is 0.324 e. The topological polar surface area (TPSA) is 26.0 Å². The molecule has 0 fully saturated rings. The highest BCUT2D eigenvalue weighted by molar-refractivity contribution is 5.39. The zero-order valence-electron chi connectivity index (χ0n) is 7.72. The van der Waals surface area contributed by atoms with E-state index in [0.717, 1.165) is 19.3 Å². The van der Waals surface area contributed by atoms with E-state index in [2.05, 4.69) is 25.7 Å². The molecule has 1 aliphatic rings. The van der Waals surface area contributed by atoms with Crippen LogP contribution in [0.25, 0.3) is 0 Å². The summed E-state index contributed by atoms with van der Waals surface area (Å²) in [5.41, 5.74) is 8.58. The molecular formula is C11H17N. The van der Waals surface area contributed by atoms with Crippen LogP contribution in [0.2, 0.25) is 0 Å². The summed E-state index contributed by atoms with van der Waals surface area (Å²) < 4.78 is 0.